The maximum Gasteiger partial charge on any atom is 0.260 e. The minimum atomic E-state index is -1.72. The van der Waals surface area contributed by atoms with Gasteiger partial charge in [0.05, 0.1) is 60.9 Å². The molecule has 14 heteroatoms. The summed E-state index contributed by atoms with van der Waals surface area (Å²) >= 11 is 19.2. The monoisotopic (exact) mass is 815 g/mol. The van der Waals surface area contributed by atoms with Crippen molar-refractivity contribution >= 4 is 69.8 Å². The van der Waals surface area contributed by atoms with Crippen LogP contribution in [0.25, 0.3) is 0 Å². The summed E-state index contributed by atoms with van der Waals surface area (Å²) in [5.41, 5.74) is 3.94. The molecule has 8 rings (SSSR count). The van der Waals surface area contributed by atoms with Crippen molar-refractivity contribution < 1.29 is 38.5 Å². The van der Waals surface area contributed by atoms with Gasteiger partial charge >= 0.3 is 0 Å². The van der Waals surface area contributed by atoms with Crippen LogP contribution in [0.15, 0.2) is 84.4 Å². The molecule has 4 aromatic rings. The summed E-state index contributed by atoms with van der Waals surface area (Å²) in [6.45, 7) is 1.83. The number of ether oxygens (including phenoxy) is 3. The number of aromatic hydroxyl groups is 1. The van der Waals surface area contributed by atoms with Crippen molar-refractivity contribution in [1.29, 1.82) is 0 Å². The number of methoxy groups -OCH3 is 3. The highest BCUT2D eigenvalue weighted by Crippen LogP contribution is 2.66. The Balaban J connectivity index is 1.37. The molecule has 2 saturated heterocycles. The Hall–Kier alpha value is -5.23. The first-order valence-electron chi connectivity index (χ1n) is 17.9. The zero-order valence-electron chi connectivity index (χ0n) is 30.6. The van der Waals surface area contributed by atoms with Crippen molar-refractivity contribution in [3.05, 3.63) is 116 Å². The van der Waals surface area contributed by atoms with Crippen LogP contribution in [0.2, 0.25) is 15.1 Å². The average Bonchev–Trinajstić information content (AvgIpc) is 3.57. The van der Waals surface area contributed by atoms with Gasteiger partial charge < -0.3 is 19.3 Å². The summed E-state index contributed by atoms with van der Waals surface area (Å²) < 4.78 is 16.9. The van der Waals surface area contributed by atoms with E-state index >= 15 is 9.59 Å². The molecule has 2 N–H and O–H groups in total. The van der Waals surface area contributed by atoms with Crippen molar-refractivity contribution in [2.24, 2.45) is 23.7 Å². The van der Waals surface area contributed by atoms with Crippen LogP contribution in [-0.2, 0) is 24.6 Å². The average molecular weight is 817 g/mol. The van der Waals surface area contributed by atoms with Gasteiger partial charge in [-0.25, -0.2) is 4.90 Å². The number of amides is 4. The van der Waals surface area contributed by atoms with Crippen LogP contribution < -0.4 is 24.5 Å². The number of aryl methyl sites for hydroxylation is 1. The minimum Gasteiger partial charge on any atom is -0.507 e. The molecule has 4 amide bonds. The maximum atomic E-state index is 15.6. The van der Waals surface area contributed by atoms with E-state index in [1.54, 1.807) is 60.7 Å². The summed E-state index contributed by atoms with van der Waals surface area (Å²) in [7, 11) is 4.40. The topological polar surface area (TPSA) is 135 Å². The molecular weight excluding hydrogens is 781 g/mol. The van der Waals surface area contributed by atoms with E-state index in [2.05, 4.69) is 5.43 Å². The number of nitrogens with one attached hydrogen (secondary N) is 1. The van der Waals surface area contributed by atoms with Gasteiger partial charge in [0, 0.05) is 33.7 Å². The van der Waals surface area contributed by atoms with Crippen molar-refractivity contribution in [2.45, 2.75) is 31.1 Å². The predicted molar refractivity (Wildman–Crippen MR) is 211 cm³/mol. The summed E-state index contributed by atoms with van der Waals surface area (Å²) in [5.74, 6) is -5.82. The van der Waals surface area contributed by atoms with Gasteiger partial charge in [0.1, 0.15) is 23.0 Å². The van der Waals surface area contributed by atoms with Gasteiger partial charge in [-0.2, -0.15) is 5.01 Å². The van der Waals surface area contributed by atoms with Gasteiger partial charge in [-0.1, -0.05) is 64.7 Å². The number of halogens is 3. The number of anilines is 2. The molecule has 6 unspecified atom stereocenters. The third-order valence-corrected chi connectivity index (χ3v) is 12.8. The Labute approximate surface area is 337 Å². The number of hydrazine groups is 1. The minimum absolute atomic E-state index is 0.0212. The highest BCUT2D eigenvalue weighted by molar-refractivity contribution is 6.36. The first-order chi connectivity index (χ1) is 26.8. The zero-order chi connectivity index (χ0) is 39.8. The lowest BCUT2D eigenvalue weighted by atomic mass is 9.49. The molecule has 0 bridgehead atoms. The van der Waals surface area contributed by atoms with Crippen molar-refractivity contribution in [3.8, 4) is 23.0 Å². The molecule has 2 aliphatic carbocycles. The normalized spacial score (nSPS) is 25.4. The highest BCUT2D eigenvalue weighted by Gasteiger charge is 2.71. The number of carbonyl (C=O) groups is 4. The molecule has 1 saturated carbocycles. The Bertz CT molecular complexity index is 2370. The van der Waals surface area contributed by atoms with Crippen LogP contribution in [0.5, 0.6) is 23.0 Å². The number of nitrogens with zero attached hydrogens (tertiary/aromatic N) is 2. The summed E-state index contributed by atoms with van der Waals surface area (Å²) in [5, 5.41) is 13.9. The van der Waals surface area contributed by atoms with Crippen LogP contribution in [-0.4, -0.2) is 55.1 Å². The lowest BCUT2D eigenvalue weighted by Gasteiger charge is -2.50. The second-order valence-corrected chi connectivity index (χ2v) is 15.7. The molecule has 6 atom stereocenters. The number of phenols is 1. The molecule has 0 aromatic heterocycles. The second-order valence-electron chi connectivity index (χ2n) is 14.4. The van der Waals surface area contributed by atoms with Crippen LogP contribution in [0.3, 0.4) is 0 Å². The molecule has 2 heterocycles. The van der Waals surface area contributed by atoms with E-state index in [0.717, 1.165) is 10.6 Å². The number of allylic oxidation sites excluding steroid dienone is 2. The second kappa shape index (κ2) is 14.1. The molecular formula is C42H36Cl3N3O8. The molecule has 2 aliphatic heterocycles. The number of fused-ring (bicyclic) bond motifs is 4. The van der Waals surface area contributed by atoms with E-state index in [1.165, 1.54) is 38.4 Å². The fourth-order valence-corrected chi connectivity index (χ4v) is 9.92. The number of carbonyl (C=O) groups excluding carboxylic acids is 4. The number of hydrogen-bond acceptors (Lipinski definition) is 9. The Morgan fingerprint density at radius 2 is 1.52 bits per heavy atom. The quantitative estimate of drug-likeness (QED) is 0.135. The highest BCUT2D eigenvalue weighted by atomic mass is 35.5. The Morgan fingerprint density at radius 1 is 0.786 bits per heavy atom. The van der Waals surface area contributed by atoms with Gasteiger partial charge in [-0.05, 0) is 79.3 Å². The van der Waals surface area contributed by atoms with Gasteiger partial charge in [-0.15, -0.1) is 0 Å². The molecule has 11 nitrogen and oxygen atoms in total. The van der Waals surface area contributed by atoms with E-state index in [1.807, 2.05) is 13.0 Å². The number of rotatable bonds is 8. The lowest BCUT2D eigenvalue weighted by Crippen LogP contribution is -2.53. The first kappa shape index (κ1) is 37.7. The van der Waals surface area contributed by atoms with E-state index < -0.39 is 52.7 Å². The SMILES string of the molecule is COc1ccc(C23C(=O)N(Nc4ccc(Cl)cc4Cl)C(=O)C2CC2C(=CCC4C(=O)N(c5ccc(C)c(Cl)c5)C(=O)C42)C3c2c(O)cc(OC)cc2OC)cc1. The zero-order valence-corrected chi connectivity index (χ0v) is 32.9. The Morgan fingerprint density at radius 3 is 2.18 bits per heavy atom. The predicted octanol–water partition coefficient (Wildman–Crippen LogP) is 7.88. The number of phenolic OH excluding ortho intramolecular Hbond substituents is 1. The Kier molecular flexibility index (Phi) is 9.46. The van der Waals surface area contributed by atoms with Gasteiger partial charge in [0.2, 0.25) is 11.8 Å². The largest absolute Gasteiger partial charge is 0.507 e. The molecule has 3 fully saturated rings. The summed E-state index contributed by atoms with van der Waals surface area (Å²) in [4.78, 5) is 60.7. The fraction of sp³-hybridized carbons (Fsp3) is 0.286. The molecule has 0 radical (unpaired) electrons. The molecule has 288 valence electrons. The first-order valence-corrected chi connectivity index (χ1v) is 19.0. The summed E-state index contributed by atoms with van der Waals surface area (Å²) in [6, 6.07) is 19.5. The number of imide groups is 2. The van der Waals surface area contributed by atoms with Crippen LogP contribution in [0.4, 0.5) is 11.4 Å². The standard InChI is InChI=1S/C42H36Cl3N3O8/c1-20-5-9-23(16-30(20)44)47-38(50)27-13-12-26-28(35(27)40(47)52)19-29-39(51)48(46-32-14-8-22(43)15-31(32)45)41(53)42(29,21-6-10-24(54-2)11-7-21)37(26)36-33(49)17-25(55-3)18-34(36)56-4/h5-12,14-18,27-29,35,37,46,49H,13,19H2,1-4H3. The van der Waals surface area contributed by atoms with Gasteiger partial charge in [-0.3, -0.25) is 24.6 Å². The van der Waals surface area contributed by atoms with Crippen molar-refractivity contribution in [1.82, 2.24) is 5.01 Å². The van der Waals surface area contributed by atoms with Crippen LogP contribution in [0.1, 0.15) is 35.4 Å². The van der Waals surface area contributed by atoms with Gasteiger partial charge in [0.15, 0.2) is 0 Å². The number of benzene rings is 4. The maximum absolute atomic E-state index is 15.6. The smallest absolute Gasteiger partial charge is 0.260 e. The van der Waals surface area contributed by atoms with Crippen molar-refractivity contribution in [2.75, 3.05) is 31.7 Å². The van der Waals surface area contributed by atoms with E-state index in [0.29, 0.717) is 38.4 Å². The fourth-order valence-electron chi connectivity index (χ4n) is 9.30. The molecule has 4 aromatic carbocycles. The third-order valence-electron chi connectivity index (χ3n) is 11.8. The van der Waals surface area contributed by atoms with Gasteiger partial charge in [0.25, 0.3) is 11.8 Å². The van der Waals surface area contributed by atoms with Crippen LogP contribution in [0, 0.1) is 30.6 Å². The molecule has 56 heavy (non-hydrogen) atoms. The van der Waals surface area contributed by atoms with Crippen LogP contribution >= 0.6 is 34.8 Å². The van der Waals surface area contributed by atoms with E-state index in [-0.39, 0.29) is 46.5 Å². The van der Waals surface area contributed by atoms with E-state index in [9.17, 15) is 14.7 Å². The molecule has 4 aliphatic rings. The lowest BCUT2D eigenvalue weighted by molar-refractivity contribution is -0.138. The summed E-state index contributed by atoms with van der Waals surface area (Å²) in [6.07, 6.45) is 2.08. The van der Waals surface area contributed by atoms with Crippen molar-refractivity contribution in [3.63, 3.8) is 0 Å². The van der Waals surface area contributed by atoms with E-state index in [4.69, 9.17) is 49.0 Å². The molecule has 0 spiro atoms. The number of hydrogen-bond donors (Lipinski definition) is 2. The third kappa shape index (κ3) is 5.54.